The van der Waals surface area contributed by atoms with Gasteiger partial charge in [-0.2, -0.15) is 5.10 Å². The van der Waals surface area contributed by atoms with E-state index in [1.54, 1.807) is 30.9 Å². The second-order valence-corrected chi connectivity index (χ2v) is 4.02. The third-order valence-electron chi connectivity index (χ3n) is 2.69. The Balaban J connectivity index is 2.40. The molecule has 1 aromatic rings. The number of aryl methyl sites for hydroxylation is 1. The minimum absolute atomic E-state index is 0.0525. The number of esters is 1. The van der Waals surface area contributed by atoms with Crippen molar-refractivity contribution in [3.05, 3.63) is 29.1 Å². The zero-order valence-electron chi connectivity index (χ0n) is 10.1. The van der Waals surface area contributed by atoms with Crippen molar-refractivity contribution < 1.29 is 14.3 Å². The van der Waals surface area contributed by atoms with E-state index in [2.05, 4.69) is 5.10 Å². The number of fused-ring (bicyclic) bond motifs is 1. The molecule has 2 rings (SSSR count). The Morgan fingerprint density at radius 3 is 2.94 bits per heavy atom. The van der Waals surface area contributed by atoms with Crippen LogP contribution in [0.5, 0.6) is 0 Å². The molecule has 0 radical (unpaired) electrons. The SMILES string of the molecule is CCOC(=O)C1=C[C@H](C)c2nn(C)cc2C1=O. The monoisotopic (exact) mass is 234 g/mol. The van der Waals surface area contributed by atoms with E-state index in [-0.39, 0.29) is 23.9 Å². The predicted octanol–water partition coefficient (Wildman–Crippen LogP) is 1.21. The van der Waals surface area contributed by atoms with Gasteiger partial charge in [0.25, 0.3) is 0 Å². The molecule has 1 heterocycles. The lowest BCUT2D eigenvalue weighted by molar-refractivity contribution is -0.138. The van der Waals surface area contributed by atoms with Crippen molar-refractivity contribution in [2.75, 3.05) is 6.61 Å². The van der Waals surface area contributed by atoms with Crippen LogP contribution in [0, 0.1) is 0 Å². The summed E-state index contributed by atoms with van der Waals surface area (Å²) in [6.07, 6.45) is 3.26. The molecule has 0 N–H and O–H groups in total. The van der Waals surface area contributed by atoms with Gasteiger partial charge in [-0.05, 0) is 6.92 Å². The van der Waals surface area contributed by atoms with Crippen LogP contribution in [0.4, 0.5) is 0 Å². The van der Waals surface area contributed by atoms with Gasteiger partial charge in [0.2, 0.25) is 5.78 Å². The number of Topliss-reactive ketones (excluding diaryl/α,β-unsaturated/α-hetero) is 1. The Kier molecular flexibility index (Phi) is 2.83. The van der Waals surface area contributed by atoms with Crippen molar-refractivity contribution in [1.29, 1.82) is 0 Å². The molecular weight excluding hydrogens is 220 g/mol. The van der Waals surface area contributed by atoms with E-state index in [1.807, 2.05) is 6.92 Å². The number of ether oxygens (including phenoxy) is 1. The molecule has 1 atom stereocenters. The maximum absolute atomic E-state index is 12.1. The summed E-state index contributed by atoms with van der Waals surface area (Å²) in [5.74, 6) is -0.910. The fourth-order valence-electron chi connectivity index (χ4n) is 1.94. The number of carbonyl (C=O) groups excluding carboxylic acids is 2. The van der Waals surface area contributed by atoms with Crippen molar-refractivity contribution in [3.8, 4) is 0 Å². The minimum Gasteiger partial charge on any atom is -0.462 e. The highest BCUT2D eigenvalue weighted by Crippen LogP contribution is 2.28. The first-order valence-corrected chi connectivity index (χ1v) is 5.51. The molecule has 0 saturated heterocycles. The molecule has 90 valence electrons. The Morgan fingerprint density at radius 1 is 1.59 bits per heavy atom. The molecule has 0 saturated carbocycles. The van der Waals surface area contributed by atoms with Gasteiger partial charge in [0.15, 0.2) is 0 Å². The lowest BCUT2D eigenvalue weighted by atomic mass is 9.89. The molecule has 0 aliphatic heterocycles. The first-order chi connectivity index (χ1) is 8.04. The molecular formula is C12H14N2O3. The number of carbonyl (C=O) groups is 2. The van der Waals surface area contributed by atoms with E-state index in [0.717, 1.165) is 0 Å². The number of allylic oxidation sites excluding steroid dienone is 1. The first-order valence-electron chi connectivity index (χ1n) is 5.51. The van der Waals surface area contributed by atoms with Crippen LogP contribution in [0.3, 0.4) is 0 Å². The van der Waals surface area contributed by atoms with Crippen LogP contribution >= 0.6 is 0 Å². The summed E-state index contributed by atoms with van der Waals surface area (Å²) in [5, 5.41) is 4.22. The highest BCUT2D eigenvalue weighted by Gasteiger charge is 2.31. The lowest BCUT2D eigenvalue weighted by Crippen LogP contribution is -2.21. The summed E-state index contributed by atoms with van der Waals surface area (Å²) in [4.78, 5) is 23.7. The van der Waals surface area contributed by atoms with E-state index in [9.17, 15) is 9.59 Å². The molecule has 1 aliphatic carbocycles. The fraction of sp³-hybridized carbons (Fsp3) is 0.417. The summed E-state index contributed by atoms with van der Waals surface area (Å²) >= 11 is 0. The van der Waals surface area contributed by atoms with Crippen LogP contribution < -0.4 is 0 Å². The second kappa shape index (κ2) is 4.16. The molecule has 1 aromatic heterocycles. The van der Waals surface area contributed by atoms with Crippen molar-refractivity contribution >= 4 is 11.8 Å². The smallest absolute Gasteiger partial charge is 0.341 e. The lowest BCUT2D eigenvalue weighted by Gasteiger charge is -2.15. The standard InChI is InChI=1S/C12H14N2O3/c1-4-17-12(16)8-5-7(2)10-9(11(8)15)6-14(3)13-10/h5-7H,4H2,1-3H3/t7-/m0/s1. The van der Waals surface area contributed by atoms with Gasteiger partial charge in [-0.1, -0.05) is 13.0 Å². The van der Waals surface area contributed by atoms with Gasteiger partial charge in [0, 0.05) is 19.2 Å². The van der Waals surface area contributed by atoms with Crippen molar-refractivity contribution in [3.63, 3.8) is 0 Å². The van der Waals surface area contributed by atoms with E-state index in [0.29, 0.717) is 11.3 Å². The van der Waals surface area contributed by atoms with Crippen LogP contribution in [-0.4, -0.2) is 28.1 Å². The fourth-order valence-corrected chi connectivity index (χ4v) is 1.94. The summed E-state index contributed by atoms with van der Waals surface area (Å²) in [6, 6.07) is 0. The number of nitrogens with zero attached hydrogens (tertiary/aromatic N) is 2. The molecule has 17 heavy (non-hydrogen) atoms. The Labute approximate surface area is 99.1 Å². The summed E-state index contributed by atoms with van der Waals surface area (Å²) in [7, 11) is 1.75. The van der Waals surface area contributed by atoms with E-state index >= 15 is 0 Å². The van der Waals surface area contributed by atoms with E-state index in [4.69, 9.17) is 4.74 Å². The van der Waals surface area contributed by atoms with Crippen LogP contribution in [0.2, 0.25) is 0 Å². The third kappa shape index (κ3) is 1.88. The predicted molar refractivity (Wildman–Crippen MR) is 60.7 cm³/mol. The molecule has 0 unspecified atom stereocenters. The zero-order chi connectivity index (χ0) is 12.6. The normalized spacial score (nSPS) is 18.6. The maximum Gasteiger partial charge on any atom is 0.341 e. The van der Waals surface area contributed by atoms with Gasteiger partial charge in [-0.15, -0.1) is 0 Å². The highest BCUT2D eigenvalue weighted by molar-refractivity contribution is 6.25. The zero-order valence-corrected chi connectivity index (χ0v) is 10.1. The molecule has 0 bridgehead atoms. The molecule has 0 spiro atoms. The van der Waals surface area contributed by atoms with Gasteiger partial charge in [-0.25, -0.2) is 4.79 Å². The minimum atomic E-state index is -0.557. The topological polar surface area (TPSA) is 61.2 Å². The Bertz CT molecular complexity index is 514. The number of rotatable bonds is 2. The van der Waals surface area contributed by atoms with Crippen LogP contribution in [0.1, 0.15) is 35.8 Å². The van der Waals surface area contributed by atoms with Crippen molar-refractivity contribution in [2.45, 2.75) is 19.8 Å². The van der Waals surface area contributed by atoms with Gasteiger partial charge in [0.1, 0.15) is 5.57 Å². The summed E-state index contributed by atoms with van der Waals surface area (Å²) in [6.45, 7) is 3.87. The van der Waals surface area contributed by atoms with Crippen LogP contribution in [0.15, 0.2) is 17.8 Å². The average molecular weight is 234 g/mol. The van der Waals surface area contributed by atoms with E-state index in [1.165, 1.54) is 0 Å². The largest absolute Gasteiger partial charge is 0.462 e. The summed E-state index contributed by atoms with van der Waals surface area (Å²) in [5.41, 5.74) is 1.32. The molecule has 5 nitrogen and oxygen atoms in total. The molecule has 0 fully saturated rings. The molecule has 1 aliphatic rings. The highest BCUT2D eigenvalue weighted by atomic mass is 16.5. The molecule has 0 aromatic carbocycles. The van der Waals surface area contributed by atoms with Gasteiger partial charge in [0.05, 0.1) is 17.9 Å². The number of aromatic nitrogens is 2. The quantitative estimate of drug-likeness (QED) is 0.570. The van der Waals surface area contributed by atoms with Gasteiger partial charge >= 0.3 is 5.97 Å². The average Bonchev–Trinajstić information content (AvgIpc) is 2.66. The van der Waals surface area contributed by atoms with Gasteiger partial charge in [-0.3, -0.25) is 9.48 Å². The Hall–Kier alpha value is -1.91. The maximum atomic E-state index is 12.1. The van der Waals surface area contributed by atoms with Crippen molar-refractivity contribution in [1.82, 2.24) is 9.78 Å². The molecule has 0 amide bonds. The second-order valence-electron chi connectivity index (χ2n) is 4.02. The molecule has 5 heteroatoms. The number of hydrogen-bond acceptors (Lipinski definition) is 4. The number of hydrogen-bond donors (Lipinski definition) is 0. The van der Waals surface area contributed by atoms with E-state index < -0.39 is 5.97 Å². The number of ketones is 1. The van der Waals surface area contributed by atoms with Gasteiger partial charge < -0.3 is 4.74 Å². The summed E-state index contributed by atoms with van der Waals surface area (Å²) < 4.78 is 6.45. The third-order valence-corrected chi connectivity index (χ3v) is 2.69. The Morgan fingerprint density at radius 2 is 2.29 bits per heavy atom. The van der Waals surface area contributed by atoms with Crippen LogP contribution in [0.25, 0.3) is 0 Å². The van der Waals surface area contributed by atoms with Crippen LogP contribution in [-0.2, 0) is 16.6 Å². The van der Waals surface area contributed by atoms with Crippen molar-refractivity contribution in [2.24, 2.45) is 7.05 Å². The first kappa shape index (κ1) is 11.6.